The molecule has 8 nitrogen and oxygen atoms in total. The van der Waals surface area contributed by atoms with E-state index in [0.29, 0.717) is 15.2 Å². The maximum atomic E-state index is 13.3. The number of nitrogens with zero attached hydrogens (tertiary/aromatic N) is 3. The highest BCUT2D eigenvalue weighted by Crippen LogP contribution is 2.31. The summed E-state index contributed by atoms with van der Waals surface area (Å²) in [6, 6.07) is 6.25. The van der Waals surface area contributed by atoms with Crippen LogP contribution in [0.1, 0.15) is 32.1 Å². The predicted molar refractivity (Wildman–Crippen MR) is 115 cm³/mol. The Morgan fingerprint density at radius 3 is 2.56 bits per heavy atom. The van der Waals surface area contributed by atoms with Crippen LogP contribution in [0.3, 0.4) is 0 Å². The summed E-state index contributed by atoms with van der Waals surface area (Å²) in [5, 5.41) is 15.8. The number of alkyl halides is 3. The lowest BCUT2D eigenvalue weighted by atomic mass is 10.1. The van der Waals surface area contributed by atoms with Gasteiger partial charge in [0.1, 0.15) is 5.69 Å². The number of carbonyl (C=O) groups is 2. The van der Waals surface area contributed by atoms with Gasteiger partial charge in [-0.3, -0.25) is 9.59 Å². The molecule has 0 bridgehead atoms. The van der Waals surface area contributed by atoms with Crippen LogP contribution in [0.15, 0.2) is 41.0 Å². The summed E-state index contributed by atoms with van der Waals surface area (Å²) < 4.78 is 41.1. The second kappa shape index (κ2) is 9.09. The number of benzene rings is 1. The van der Waals surface area contributed by atoms with Crippen molar-refractivity contribution in [1.29, 1.82) is 5.41 Å². The first-order valence-corrected chi connectivity index (χ1v) is 9.89. The molecule has 0 saturated carbocycles. The maximum Gasteiger partial charge on any atom is 0.435 e. The van der Waals surface area contributed by atoms with E-state index in [1.54, 1.807) is 0 Å². The SMILES string of the molecule is CNC(=O)c1cc(Br)cc(C=N)c1NC(=O)c1cc(C(F)(F)F)nn1-c1ncccc1Cl. The zero-order valence-electron chi connectivity index (χ0n) is 16.1. The minimum Gasteiger partial charge on any atom is -0.355 e. The monoisotopic (exact) mass is 528 g/mol. The number of amides is 2. The molecule has 3 N–H and O–H groups in total. The van der Waals surface area contributed by atoms with Crippen molar-refractivity contribution < 1.29 is 22.8 Å². The average Bonchev–Trinajstić information content (AvgIpc) is 3.20. The zero-order valence-corrected chi connectivity index (χ0v) is 18.4. The van der Waals surface area contributed by atoms with Gasteiger partial charge < -0.3 is 16.0 Å². The minimum atomic E-state index is -4.84. The molecule has 0 unspecified atom stereocenters. The Morgan fingerprint density at radius 2 is 1.97 bits per heavy atom. The van der Waals surface area contributed by atoms with Crippen molar-refractivity contribution in [2.45, 2.75) is 6.18 Å². The van der Waals surface area contributed by atoms with Crippen molar-refractivity contribution in [3.63, 3.8) is 0 Å². The molecule has 13 heteroatoms. The molecule has 0 fully saturated rings. The maximum absolute atomic E-state index is 13.3. The Hall–Kier alpha value is -3.25. The molecule has 32 heavy (non-hydrogen) atoms. The Balaban J connectivity index is 2.15. The van der Waals surface area contributed by atoms with Crippen LogP contribution in [0.25, 0.3) is 5.82 Å². The normalized spacial score (nSPS) is 11.2. The fourth-order valence-electron chi connectivity index (χ4n) is 2.75. The molecular formula is C19H13BrClF3N6O2. The summed E-state index contributed by atoms with van der Waals surface area (Å²) in [4.78, 5) is 29.2. The van der Waals surface area contributed by atoms with Gasteiger partial charge in [0, 0.05) is 35.6 Å². The topological polar surface area (TPSA) is 113 Å². The van der Waals surface area contributed by atoms with Gasteiger partial charge in [-0.25, -0.2) is 9.67 Å². The number of rotatable bonds is 5. The molecule has 2 aromatic heterocycles. The minimum absolute atomic E-state index is 0.00768. The predicted octanol–water partition coefficient (Wildman–Crippen LogP) is 4.31. The summed E-state index contributed by atoms with van der Waals surface area (Å²) in [7, 11) is 1.37. The smallest absolute Gasteiger partial charge is 0.355 e. The van der Waals surface area contributed by atoms with E-state index in [-0.39, 0.29) is 27.7 Å². The highest BCUT2D eigenvalue weighted by atomic mass is 79.9. The van der Waals surface area contributed by atoms with Crippen LogP contribution in [0, 0.1) is 5.41 Å². The lowest BCUT2D eigenvalue weighted by molar-refractivity contribution is -0.141. The molecule has 0 saturated heterocycles. The highest BCUT2D eigenvalue weighted by Gasteiger charge is 2.36. The molecular weight excluding hydrogens is 517 g/mol. The van der Waals surface area contributed by atoms with Crippen LogP contribution in [0.5, 0.6) is 0 Å². The fraction of sp³-hybridized carbons (Fsp3) is 0.105. The molecule has 1 aromatic carbocycles. The molecule has 0 atom stereocenters. The Morgan fingerprint density at radius 1 is 1.25 bits per heavy atom. The van der Waals surface area contributed by atoms with Gasteiger partial charge in [-0.2, -0.15) is 18.3 Å². The summed E-state index contributed by atoms with van der Waals surface area (Å²) in [5.41, 5.74) is -1.80. The second-order valence-corrected chi connectivity index (χ2v) is 7.55. The van der Waals surface area contributed by atoms with Gasteiger partial charge in [0.15, 0.2) is 11.5 Å². The van der Waals surface area contributed by atoms with E-state index in [0.717, 1.165) is 6.21 Å². The van der Waals surface area contributed by atoms with Crippen molar-refractivity contribution in [3.8, 4) is 5.82 Å². The van der Waals surface area contributed by atoms with Gasteiger partial charge >= 0.3 is 6.18 Å². The van der Waals surface area contributed by atoms with Crippen LogP contribution >= 0.6 is 27.5 Å². The molecule has 0 spiro atoms. The third kappa shape index (κ3) is 4.65. The quantitative estimate of drug-likeness (QED) is 0.428. The third-order valence-electron chi connectivity index (χ3n) is 4.17. The number of carbonyl (C=O) groups excluding carboxylic acids is 2. The first-order valence-electron chi connectivity index (χ1n) is 8.72. The summed E-state index contributed by atoms with van der Waals surface area (Å²) in [6.45, 7) is 0. The zero-order chi connectivity index (χ0) is 23.6. The van der Waals surface area contributed by atoms with Crippen molar-refractivity contribution in [2.75, 3.05) is 12.4 Å². The summed E-state index contributed by atoms with van der Waals surface area (Å²) in [5.74, 6) is -1.79. The number of anilines is 1. The molecule has 2 heterocycles. The first kappa shape index (κ1) is 23.4. The number of nitrogens with one attached hydrogen (secondary N) is 3. The van der Waals surface area contributed by atoms with Gasteiger partial charge in [0.2, 0.25) is 0 Å². The number of aromatic nitrogens is 3. The number of hydrogen-bond donors (Lipinski definition) is 3. The second-order valence-electron chi connectivity index (χ2n) is 6.23. The largest absolute Gasteiger partial charge is 0.435 e. The van der Waals surface area contributed by atoms with Gasteiger partial charge in [0.05, 0.1) is 16.3 Å². The number of pyridine rings is 1. The molecule has 2 amide bonds. The molecule has 0 radical (unpaired) electrons. The Labute approximate surface area is 192 Å². The van der Waals surface area contributed by atoms with Crippen molar-refractivity contribution in [2.24, 2.45) is 0 Å². The van der Waals surface area contributed by atoms with Crippen molar-refractivity contribution >= 4 is 51.2 Å². The standard InChI is InChI=1S/C19H13BrClF3N6O2/c1-26-17(31)11-6-10(20)5-9(8-25)15(11)28-18(32)13-7-14(19(22,23)24)29-30(13)16-12(21)3-2-4-27-16/h2-8,25H,1H3,(H,26,31)(H,28,32). The van der Waals surface area contributed by atoms with Gasteiger partial charge in [-0.05, 0) is 24.3 Å². The van der Waals surface area contributed by atoms with Crippen molar-refractivity contribution in [1.82, 2.24) is 20.1 Å². The average molecular weight is 530 g/mol. The molecule has 0 aliphatic rings. The highest BCUT2D eigenvalue weighted by molar-refractivity contribution is 9.10. The molecule has 0 aliphatic carbocycles. The van der Waals surface area contributed by atoms with E-state index < -0.39 is 29.4 Å². The lowest BCUT2D eigenvalue weighted by Gasteiger charge is -2.14. The van der Waals surface area contributed by atoms with E-state index in [2.05, 4.69) is 36.6 Å². The lowest BCUT2D eigenvalue weighted by Crippen LogP contribution is -2.24. The Bertz CT molecular complexity index is 1230. The fourth-order valence-corrected chi connectivity index (χ4v) is 3.43. The van der Waals surface area contributed by atoms with Gasteiger partial charge in [0.25, 0.3) is 11.8 Å². The Kier molecular flexibility index (Phi) is 6.65. The van der Waals surface area contributed by atoms with E-state index >= 15 is 0 Å². The van der Waals surface area contributed by atoms with E-state index in [1.165, 1.54) is 37.5 Å². The van der Waals surface area contributed by atoms with Gasteiger partial charge in [-0.15, -0.1) is 0 Å². The van der Waals surface area contributed by atoms with Crippen LogP contribution in [0.4, 0.5) is 18.9 Å². The number of hydrogen-bond acceptors (Lipinski definition) is 5. The summed E-state index contributed by atoms with van der Waals surface area (Å²) in [6.07, 6.45) is -2.67. The number of halogens is 5. The summed E-state index contributed by atoms with van der Waals surface area (Å²) >= 11 is 9.26. The van der Waals surface area contributed by atoms with Crippen LogP contribution in [-0.2, 0) is 6.18 Å². The van der Waals surface area contributed by atoms with Crippen LogP contribution in [-0.4, -0.2) is 39.8 Å². The van der Waals surface area contributed by atoms with Crippen molar-refractivity contribution in [3.05, 3.63) is 68.5 Å². The van der Waals surface area contributed by atoms with E-state index in [1.807, 2.05) is 0 Å². The van der Waals surface area contributed by atoms with Gasteiger partial charge in [-0.1, -0.05) is 27.5 Å². The molecule has 3 aromatic rings. The first-order chi connectivity index (χ1) is 15.1. The van der Waals surface area contributed by atoms with E-state index in [4.69, 9.17) is 17.0 Å². The van der Waals surface area contributed by atoms with Crippen LogP contribution < -0.4 is 10.6 Å². The molecule has 166 valence electrons. The van der Waals surface area contributed by atoms with E-state index in [9.17, 15) is 22.8 Å². The van der Waals surface area contributed by atoms with Crippen LogP contribution in [0.2, 0.25) is 5.02 Å². The molecule has 0 aliphatic heterocycles. The third-order valence-corrected chi connectivity index (χ3v) is 4.92. The molecule has 3 rings (SSSR count).